The minimum atomic E-state index is 0.188. The number of hydrogen-bond donors (Lipinski definition) is 1. The van der Waals surface area contributed by atoms with Gasteiger partial charge in [-0.15, -0.1) is 5.10 Å². The summed E-state index contributed by atoms with van der Waals surface area (Å²) >= 11 is 0. The molecule has 0 radical (unpaired) electrons. The van der Waals surface area contributed by atoms with Crippen molar-refractivity contribution in [2.45, 2.75) is 12.8 Å². The number of aryl methyl sites for hydroxylation is 2. The molecule has 14 heavy (non-hydrogen) atoms. The van der Waals surface area contributed by atoms with E-state index < -0.39 is 0 Å². The smallest absolute Gasteiger partial charge is 0.240 e. The Morgan fingerprint density at radius 3 is 2.79 bits per heavy atom. The summed E-state index contributed by atoms with van der Waals surface area (Å²) in [6.07, 6.45) is 6.15. The average Bonchev–Trinajstić information content (AvgIpc) is 2.70. The number of nitrogens with two attached hydrogens (primary N) is 1. The van der Waals surface area contributed by atoms with E-state index in [-0.39, 0.29) is 5.95 Å². The second-order valence-corrected chi connectivity index (χ2v) is 2.78. The molecular formula is C8H9N5O. The predicted octanol–water partition coefficient (Wildman–Crippen LogP) is 0.227. The molecule has 6 heteroatoms. The maximum Gasteiger partial charge on any atom is 0.240 e. The lowest BCUT2D eigenvalue weighted by molar-refractivity contribution is 0.501. The van der Waals surface area contributed by atoms with Crippen molar-refractivity contribution in [1.82, 2.24) is 20.2 Å². The number of oxazole rings is 1. The molecule has 0 aliphatic rings. The first-order chi connectivity index (χ1) is 6.84. The fourth-order valence-corrected chi connectivity index (χ4v) is 1.04. The summed E-state index contributed by atoms with van der Waals surface area (Å²) in [5, 5.41) is 7.53. The van der Waals surface area contributed by atoms with Crippen molar-refractivity contribution in [3.63, 3.8) is 0 Å². The van der Waals surface area contributed by atoms with E-state index in [1.54, 1.807) is 12.4 Å². The van der Waals surface area contributed by atoms with Gasteiger partial charge in [0, 0.05) is 12.8 Å². The van der Waals surface area contributed by atoms with Crippen LogP contribution in [0.1, 0.15) is 11.5 Å². The van der Waals surface area contributed by atoms with Gasteiger partial charge in [0.25, 0.3) is 0 Å². The Morgan fingerprint density at radius 2 is 2.14 bits per heavy atom. The zero-order valence-electron chi connectivity index (χ0n) is 7.42. The van der Waals surface area contributed by atoms with Crippen LogP contribution in [0.25, 0.3) is 0 Å². The van der Waals surface area contributed by atoms with Crippen LogP contribution in [0.2, 0.25) is 0 Å². The van der Waals surface area contributed by atoms with E-state index in [9.17, 15) is 0 Å². The van der Waals surface area contributed by atoms with Crippen LogP contribution in [-0.4, -0.2) is 20.2 Å². The summed E-state index contributed by atoms with van der Waals surface area (Å²) in [7, 11) is 0. The van der Waals surface area contributed by atoms with Crippen LogP contribution in [0.3, 0.4) is 0 Å². The molecular weight excluding hydrogens is 182 g/mol. The molecule has 72 valence electrons. The molecule has 0 fully saturated rings. The van der Waals surface area contributed by atoms with Crippen LogP contribution in [0.15, 0.2) is 23.2 Å². The molecule has 0 bridgehead atoms. The summed E-state index contributed by atoms with van der Waals surface area (Å²) in [6.45, 7) is 0. The molecule has 2 heterocycles. The molecule has 0 spiro atoms. The molecule has 0 aliphatic heterocycles. The maximum atomic E-state index is 5.30. The third kappa shape index (κ3) is 2.03. The highest BCUT2D eigenvalue weighted by Crippen LogP contribution is 2.02. The van der Waals surface area contributed by atoms with Crippen molar-refractivity contribution >= 4 is 5.95 Å². The van der Waals surface area contributed by atoms with E-state index in [1.807, 2.05) is 0 Å². The second kappa shape index (κ2) is 3.82. The van der Waals surface area contributed by atoms with Gasteiger partial charge in [0.2, 0.25) is 5.95 Å². The molecule has 2 rings (SSSR count). The van der Waals surface area contributed by atoms with Gasteiger partial charge in [0.1, 0.15) is 5.76 Å². The number of nitrogens with zero attached hydrogens (tertiary/aromatic N) is 4. The Hall–Kier alpha value is -1.98. The minimum Gasteiger partial charge on any atom is -0.449 e. The van der Waals surface area contributed by atoms with E-state index in [0.29, 0.717) is 0 Å². The average molecular weight is 191 g/mol. The molecule has 2 aromatic heterocycles. The van der Waals surface area contributed by atoms with Crippen LogP contribution >= 0.6 is 0 Å². The van der Waals surface area contributed by atoms with E-state index in [2.05, 4.69) is 20.2 Å². The van der Waals surface area contributed by atoms with Gasteiger partial charge in [-0.3, -0.25) is 0 Å². The van der Waals surface area contributed by atoms with E-state index >= 15 is 0 Å². The number of hydrogen-bond acceptors (Lipinski definition) is 6. The number of anilines is 1. The van der Waals surface area contributed by atoms with Crippen molar-refractivity contribution in [3.05, 3.63) is 30.2 Å². The lowest BCUT2D eigenvalue weighted by Gasteiger charge is -1.96. The van der Waals surface area contributed by atoms with Gasteiger partial charge in [0.05, 0.1) is 18.1 Å². The highest BCUT2D eigenvalue weighted by molar-refractivity contribution is 5.11. The van der Waals surface area contributed by atoms with Crippen molar-refractivity contribution in [2.24, 2.45) is 0 Å². The monoisotopic (exact) mass is 191 g/mol. The first-order valence-corrected chi connectivity index (χ1v) is 4.16. The van der Waals surface area contributed by atoms with Gasteiger partial charge in [-0.25, -0.2) is 9.97 Å². The van der Waals surface area contributed by atoms with E-state index in [4.69, 9.17) is 10.2 Å². The fourth-order valence-electron chi connectivity index (χ4n) is 1.04. The molecule has 0 aromatic carbocycles. The Bertz CT molecular complexity index is 383. The van der Waals surface area contributed by atoms with E-state index in [0.717, 1.165) is 24.3 Å². The molecule has 0 saturated heterocycles. The maximum absolute atomic E-state index is 5.30. The normalized spacial score (nSPS) is 10.3. The third-order valence-corrected chi connectivity index (χ3v) is 1.74. The molecule has 0 atom stereocenters. The third-order valence-electron chi connectivity index (χ3n) is 1.74. The molecule has 0 unspecified atom stereocenters. The van der Waals surface area contributed by atoms with Crippen molar-refractivity contribution in [2.75, 3.05) is 5.73 Å². The molecule has 2 aromatic rings. The predicted molar refractivity (Wildman–Crippen MR) is 48.2 cm³/mol. The Morgan fingerprint density at radius 1 is 1.21 bits per heavy atom. The van der Waals surface area contributed by atoms with Crippen molar-refractivity contribution in [3.8, 4) is 0 Å². The van der Waals surface area contributed by atoms with Crippen LogP contribution in [0.4, 0.5) is 5.95 Å². The Balaban J connectivity index is 1.95. The zero-order valence-corrected chi connectivity index (χ0v) is 7.42. The first-order valence-electron chi connectivity index (χ1n) is 4.16. The van der Waals surface area contributed by atoms with Crippen LogP contribution in [0.5, 0.6) is 0 Å². The molecule has 0 aliphatic carbocycles. The molecule has 2 N–H and O–H groups in total. The summed E-state index contributed by atoms with van der Waals surface area (Å²) in [4.78, 5) is 7.65. The van der Waals surface area contributed by atoms with Gasteiger partial charge < -0.3 is 10.2 Å². The molecule has 6 nitrogen and oxygen atoms in total. The van der Waals surface area contributed by atoms with Gasteiger partial charge in [-0.1, -0.05) is 0 Å². The SMILES string of the molecule is Nc1ncc(CCc2cnco2)nn1. The standard InChI is InChI=1S/C8H9N5O/c9-8-11-3-6(12-13-8)1-2-7-4-10-5-14-7/h3-5H,1-2H2,(H2,9,11,13). The van der Waals surface area contributed by atoms with Crippen LogP contribution < -0.4 is 5.73 Å². The lowest BCUT2D eigenvalue weighted by atomic mass is 10.2. The van der Waals surface area contributed by atoms with Crippen molar-refractivity contribution < 1.29 is 4.42 Å². The quantitative estimate of drug-likeness (QED) is 0.746. The molecule has 0 saturated carbocycles. The number of rotatable bonds is 3. The van der Waals surface area contributed by atoms with Gasteiger partial charge in [-0.05, 0) is 0 Å². The van der Waals surface area contributed by atoms with Gasteiger partial charge in [-0.2, -0.15) is 5.10 Å². The van der Waals surface area contributed by atoms with Crippen molar-refractivity contribution in [1.29, 1.82) is 0 Å². The highest BCUT2D eigenvalue weighted by Gasteiger charge is 2.00. The first kappa shape index (κ1) is 8.61. The molecule has 0 amide bonds. The number of nitrogen functional groups attached to an aromatic ring is 1. The Kier molecular flexibility index (Phi) is 2.35. The summed E-state index contributed by atoms with van der Waals surface area (Å²) in [6, 6.07) is 0. The van der Waals surface area contributed by atoms with E-state index in [1.165, 1.54) is 6.39 Å². The fraction of sp³-hybridized carbons (Fsp3) is 0.250. The summed E-state index contributed by atoms with van der Waals surface area (Å²) in [5.74, 6) is 1.01. The van der Waals surface area contributed by atoms with Crippen LogP contribution in [-0.2, 0) is 12.8 Å². The van der Waals surface area contributed by atoms with Crippen LogP contribution in [0, 0.1) is 0 Å². The van der Waals surface area contributed by atoms with Gasteiger partial charge >= 0.3 is 0 Å². The Labute approximate surface area is 80.2 Å². The summed E-state index contributed by atoms with van der Waals surface area (Å²) in [5.41, 5.74) is 6.09. The minimum absolute atomic E-state index is 0.188. The number of aromatic nitrogens is 4. The van der Waals surface area contributed by atoms with Gasteiger partial charge in [0.15, 0.2) is 6.39 Å². The lowest BCUT2D eigenvalue weighted by Crippen LogP contribution is -2.01. The second-order valence-electron chi connectivity index (χ2n) is 2.78. The highest BCUT2D eigenvalue weighted by atomic mass is 16.3. The largest absolute Gasteiger partial charge is 0.449 e. The summed E-state index contributed by atoms with van der Waals surface area (Å²) < 4.78 is 5.07. The topological polar surface area (TPSA) is 90.7 Å². The zero-order chi connectivity index (χ0) is 9.80.